The lowest BCUT2D eigenvalue weighted by Gasteiger charge is -2.36. The van der Waals surface area contributed by atoms with Crippen molar-refractivity contribution in [2.45, 2.75) is 31.3 Å². The number of imide groups is 1. The first-order chi connectivity index (χ1) is 15.3. The van der Waals surface area contributed by atoms with Crippen LogP contribution in [-0.2, 0) is 19.9 Å². The van der Waals surface area contributed by atoms with Crippen LogP contribution in [-0.4, -0.2) is 35.2 Å². The SMILES string of the molecule is Cc1cc(Cl)c2c(c1)[C@]1(C(=O)N2)[C@@H]2C(=O)N(c3ccc(Cl)cc3Cl)C(=O)[C@@H]2[C@@H]2CCCN21. The Bertz CT molecular complexity index is 1250. The highest BCUT2D eigenvalue weighted by Gasteiger charge is 2.74. The van der Waals surface area contributed by atoms with E-state index in [1.54, 1.807) is 18.2 Å². The van der Waals surface area contributed by atoms with Crippen molar-refractivity contribution in [3.63, 3.8) is 0 Å². The lowest BCUT2D eigenvalue weighted by atomic mass is 9.75. The Morgan fingerprint density at radius 1 is 1.03 bits per heavy atom. The topological polar surface area (TPSA) is 69.7 Å². The van der Waals surface area contributed by atoms with Gasteiger partial charge in [-0.2, -0.15) is 0 Å². The summed E-state index contributed by atoms with van der Waals surface area (Å²) in [5.74, 6) is -2.53. The normalized spacial score (nSPS) is 30.8. The van der Waals surface area contributed by atoms with Gasteiger partial charge in [0.05, 0.1) is 33.3 Å². The molecule has 6 nitrogen and oxygen atoms in total. The Hall–Kier alpha value is -2.12. The number of anilines is 2. The monoisotopic (exact) mass is 489 g/mol. The molecule has 6 rings (SSSR count). The molecule has 0 aliphatic carbocycles. The highest BCUT2D eigenvalue weighted by Crippen LogP contribution is 2.61. The van der Waals surface area contributed by atoms with E-state index >= 15 is 0 Å². The number of rotatable bonds is 1. The lowest BCUT2D eigenvalue weighted by molar-refractivity contribution is -0.135. The fraction of sp³-hybridized carbons (Fsp3) is 0.348. The third-order valence-electron chi connectivity index (χ3n) is 7.35. The molecule has 4 atom stereocenters. The number of hydrogen-bond donors (Lipinski definition) is 1. The first-order valence-corrected chi connectivity index (χ1v) is 11.6. The van der Waals surface area contributed by atoms with Gasteiger partial charge in [0.15, 0.2) is 0 Å². The molecular formula is C23H18Cl3N3O3. The zero-order chi connectivity index (χ0) is 22.5. The van der Waals surface area contributed by atoms with Gasteiger partial charge in [0.2, 0.25) is 11.8 Å². The Labute approximate surface area is 199 Å². The second-order valence-electron chi connectivity index (χ2n) is 8.90. The molecule has 3 saturated heterocycles. The number of nitrogens with zero attached hydrogens (tertiary/aromatic N) is 2. The van der Waals surface area contributed by atoms with Crippen LogP contribution in [0.15, 0.2) is 30.3 Å². The van der Waals surface area contributed by atoms with Gasteiger partial charge in [0.1, 0.15) is 5.54 Å². The van der Waals surface area contributed by atoms with Crippen LogP contribution in [0.2, 0.25) is 15.1 Å². The highest BCUT2D eigenvalue weighted by atomic mass is 35.5. The van der Waals surface area contributed by atoms with Crippen LogP contribution in [0.25, 0.3) is 0 Å². The zero-order valence-corrected chi connectivity index (χ0v) is 19.3. The predicted molar refractivity (Wildman–Crippen MR) is 122 cm³/mol. The van der Waals surface area contributed by atoms with Crippen LogP contribution in [0.3, 0.4) is 0 Å². The molecule has 1 N–H and O–H groups in total. The van der Waals surface area contributed by atoms with Gasteiger partial charge in [0.25, 0.3) is 5.91 Å². The molecule has 0 radical (unpaired) electrons. The molecule has 1 spiro atoms. The van der Waals surface area contributed by atoms with Crippen molar-refractivity contribution >= 4 is 63.9 Å². The number of benzene rings is 2. The maximum atomic E-state index is 13.9. The Morgan fingerprint density at radius 3 is 2.56 bits per heavy atom. The van der Waals surface area contributed by atoms with Crippen molar-refractivity contribution in [2.24, 2.45) is 11.8 Å². The summed E-state index contributed by atoms with van der Waals surface area (Å²) < 4.78 is 0. The van der Waals surface area contributed by atoms with E-state index in [0.29, 0.717) is 33.5 Å². The molecule has 2 aromatic rings. The summed E-state index contributed by atoms with van der Waals surface area (Å²) in [6, 6.07) is 8.16. The first kappa shape index (κ1) is 20.5. The molecule has 3 fully saturated rings. The second kappa shape index (κ2) is 6.70. The van der Waals surface area contributed by atoms with E-state index in [4.69, 9.17) is 34.8 Å². The van der Waals surface area contributed by atoms with Gasteiger partial charge in [-0.1, -0.05) is 40.9 Å². The molecule has 4 aliphatic heterocycles. The summed E-state index contributed by atoms with van der Waals surface area (Å²) in [6.07, 6.45) is 1.59. The Kier molecular flexibility index (Phi) is 4.29. The summed E-state index contributed by atoms with van der Waals surface area (Å²) >= 11 is 18.9. The molecule has 9 heteroatoms. The molecule has 3 amide bonds. The number of amides is 3. The van der Waals surface area contributed by atoms with Gasteiger partial charge in [-0.15, -0.1) is 0 Å². The molecule has 0 unspecified atom stereocenters. The lowest BCUT2D eigenvalue weighted by Crippen LogP contribution is -2.54. The summed E-state index contributed by atoms with van der Waals surface area (Å²) in [7, 11) is 0. The van der Waals surface area contributed by atoms with Crippen LogP contribution in [0, 0.1) is 18.8 Å². The summed E-state index contributed by atoms with van der Waals surface area (Å²) in [6.45, 7) is 2.54. The molecule has 32 heavy (non-hydrogen) atoms. The number of halogens is 3. The predicted octanol–water partition coefficient (Wildman–Crippen LogP) is 4.39. The number of hydrogen-bond acceptors (Lipinski definition) is 4. The summed E-state index contributed by atoms with van der Waals surface area (Å²) in [5, 5.41) is 3.97. The molecule has 164 valence electrons. The van der Waals surface area contributed by atoms with E-state index in [9.17, 15) is 14.4 Å². The third kappa shape index (κ3) is 2.34. The minimum atomic E-state index is -1.27. The molecule has 4 aliphatic rings. The number of carbonyl (C=O) groups is 3. The van der Waals surface area contributed by atoms with Crippen LogP contribution in [0.4, 0.5) is 11.4 Å². The van der Waals surface area contributed by atoms with Gasteiger partial charge in [-0.3, -0.25) is 19.3 Å². The van der Waals surface area contributed by atoms with Crippen LogP contribution < -0.4 is 10.2 Å². The van der Waals surface area contributed by atoms with E-state index in [2.05, 4.69) is 10.2 Å². The van der Waals surface area contributed by atoms with Crippen LogP contribution in [0.5, 0.6) is 0 Å². The maximum absolute atomic E-state index is 13.9. The zero-order valence-electron chi connectivity index (χ0n) is 17.0. The van der Waals surface area contributed by atoms with Crippen molar-refractivity contribution in [1.82, 2.24) is 4.90 Å². The Morgan fingerprint density at radius 2 is 1.81 bits per heavy atom. The van der Waals surface area contributed by atoms with Crippen molar-refractivity contribution in [3.8, 4) is 0 Å². The third-order valence-corrected chi connectivity index (χ3v) is 8.18. The fourth-order valence-corrected chi connectivity index (χ4v) is 7.11. The standard InChI is InChI=1S/C23H18Cl3N3O3/c1-10-7-12-19(14(26)8-10)27-22(32)23(12)18-17(16-3-2-6-28(16)23)20(30)29(21(18)31)15-5-4-11(24)9-13(15)25/h4-5,7-9,16-18H,2-3,6H2,1H3,(H,27,32)/t16-,17+,18-,23+/m0/s1. The molecule has 0 aromatic heterocycles. The molecule has 4 heterocycles. The average molecular weight is 491 g/mol. The quantitative estimate of drug-likeness (QED) is 0.602. The van der Waals surface area contributed by atoms with E-state index in [-0.39, 0.29) is 22.9 Å². The van der Waals surface area contributed by atoms with Crippen LogP contribution >= 0.6 is 34.8 Å². The number of nitrogens with one attached hydrogen (secondary N) is 1. The number of aryl methyl sites for hydroxylation is 1. The van der Waals surface area contributed by atoms with Crippen molar-refractivity contribution < 1.29 is 14.4 Å². The summed E-state index contributed by atoms with van der Waals surface area (Å²) in [5.41, 5.74) is 1.12. The fourth-order valence-electron chi connectivity index (χ4n) is 6.30. The van der Waals surface area contributed by atoms with E-state index < -0.39 is 23.3 Å². The smallest absolute Gasteiger partial charge is 0.250 e. The Balaban J connectivity index is 1.58. The van der Waals surface area contributed by atoms with Gasteiger partial charge >= 0.3 is 0 Å². The van der Waals surface area contributed by atoms with E-state index in [1.165, 1.54) is 6.07 Å². The molecule has 2 aromatic carbocycles. The van der Waals surface area contributed by atoms with Crippen molar-refractivity contribution in [3.05, 3.63) is 56.5 Å². The largest absolute Gasteiger partial charge is 0.323 e. The van der Waals surface area contributed by atoms with Gasteiger partial charge in [-0.05, 0) is 56.1 Å². The van der Waals surface area contributed by atoms with Gasteiger partial charge < -0.3 is 5.32 Å². The second-order valence-corrected chi connectivity index (χ2v) is 10.2. The molecule has 0 bridgehead atoms. The van der Waals surface area contributed by atoms with Gasteiger partial charge in [0, 0.05) is 16.6 Å². The molecular weight excluding hydrogens is 473 g/mol. The van der Waals surface area contributed by atoms with Crippen molar-refractivity contribution in [2.75, 3.05) is 16.8 Å². The highest BCUT2D eigenvalue weighted by molar-refractivity contribution is 6.39. The maximum Gasteiger partial charge on any atom is 0.250 e. The van der Waals surface area contributed by atoms with Gasteiger partial charge in [-0.25, -0.2) is 4.90 Å². The average Bonchev–Trinajstić information content (AvgIpc) is 3.42. The van der Waals surface area contributed by atoms with Crippen LogP contribution in [0.1, 0.15) is 24.0 Å². The minimum Gasteiger partial charge on any atom is -0.323 e. The molecule has 0 saturated carbocycles. The first-order valence-electron chi connectivity index (χ1n) is 10.5. The summed E-state index contributed by atoms with van der Waals surface area (Å²) in [4.78, 5) is 44.5. The van der Waals surface area contributed by atoms with E-state index in [1.807, 2.05) is 13.0 Å². The number of fused-ring (bicyclic) bond motifs is 7. The number of carbonyl (C=O) groups excluding carboxylic acids is 3. The van der Waals surface area contributed by atoms with E-state index in [0.717, 1.165) is 23.3 Å². The van der Waals surface area contributed by atoms with Crippen molar-refractivity contribution in [1.29, 1.82) is 0 Å². The minimum absolute atomic E-state index is 0.205.